The molecule has 1 aromatic carbocycles. The number of rotatable bonds is 5. The van der Waals surface area contributed by atoms with Crippen LogP contribution in [-0.4, -0.2) is 58.8 Å². The zero-order valence-corrected chi connectivity index (χ0v) is 16.3. The zero-order chi connectivity index (χ0) is 20.1. The minimum Gasteiger partial charge on any atom is -0.340 e. The second-order valence-corrected chi connectivity index (χ2v) is 7.18. The molecule has 28 heavy (non-hydrogen) atoms. The van der Waals surface area contributed by atoms with Gasteiger partial charge in [-0.15, -0.1) is 0 Å². The molecule has 2 aromatic rings. The summed E-state index contributed by atoms with van der Waals surface area (Å²) in [4.78, 5) is 32.8. The largest absolute Gasteiger partial charge is 0.340 e. The standard InChI is InChI=1S/C20H22ClFN4O2/c1-14(20(28)24-18-7-4-16(21)13-23-18)25-8-10-26(11-9-25)19(27)12-15-2-5-17(22)6-3-15/h2-7,13-14H,8-12H2,1H3,(H,23,24,28). The van der Waals surface area contributed by atoms with E-state index in [1.165, 1.54) is 18.3 Å². The Bertz CT molecular complexity index is 821. The number of nitrogens with zero attached hydrogens (tertiary/aromatic N) is 3. The smallest absolute Gasteiger partial charge is 0.242 e. The molecule has 1 aliphatic heterocycles. The fourth-order valence-electron chi connectivity index (χ4n) is 3.09. The molecule has 0 radical (unpaired) electrons. The van der Waals surface area contributed by atoms with E-state index >= 15 is 0 Å². The molecule has 1 aromatic heterocycles. The quantitative estimate of drug-likeness (QED) is 0.831. The molecule has 1 fully saturated rings. The van der Waals surface area contributed by atoms with E-state index in [4.69, 9.17) is 11.6 Å². The van der Waals surface area contributed by atoms with E-state index in [-0.39, 0.29) is 30.1 Å². The number of carbonyl (C=O) groups excluding carboxylic acids is 2. The third kappa shape index (κ3) is 5.27. The molecular weight excluding hydrogens is 383 g/mol. The van der Waals surface area contributed by atoms with Gasteiger partial charge in [-0.2, -0.15) is 0 Å². The van der Waals surface area contributed by atoms with Crippen LogP contribution in [0, 0.1) is 5.82 Å². The summed E-state index contributed by atoms with van der Waals surface area (Å²) in [5.41, 5.74) is 0.789. The highest BCUT2D eigenvalue weighted by atomic mass is 35.5. The molecule has 2 amide bonds. The van der Waals surface area contributed by atoms with Gasteiger partial charge in [0.05, 0.1) is 17.5 Å². The Hall–Kier alpha value is -2.51. The van der Waals surface area contributed by atoms with Gasteiger partial charge in [-0.05, 0) is 36.8 Å². The molecule has 148 valence electrons. The molecule has 1 aliphatic rings. The number of hydrogen-bond donors (Lipinski definition) is 1. The number of piperazine rings is 1. The Morgan fingerprint density at radius 2 is 1.82 bits per heavy atom. The second kappa shape index (κ2) is 9.12. The lowest BCUT2D eigenvalue weighted by molar-refractivity contribution is -0.133. The average molecular weight is 405 g/mol. The lowest BCUT2D eigenvalue weighted by Gasteiger charge is -2.37. The maximum Gasteiger partial charge on any atom is 0.242 e. The summed E-state index contributed by atoms with van der Waals surface area (Å²) in [6, 6.07) is 8.94. The van der Waals surface area contributed by atoms with Crippen molar-refractivity contribution in [3.63, 3.8) is 0 Å². The predicted molar refractivity (Wildman–Crippen MR) is 106 cm³/mol. The van der Waals surface area contributed by atoms with E-state index in [9.17, 15) is 14.0 Å². The van der Waals surface area contributed by atoms with Gasteiger partial charge < -0.3 is 10.2 Å². The van der Waals surface area contributed by atoms with E-state index in [0.717, 1.165) is 5.56 Å². The van der Waals surface area contributed by atoms with Crippen LogP contribution < -0.4 is 5.32 Å². The molecule has 0 spiro atoms. The Labute approximate surface area is 168 Å². The van der Waals surface area contributed by atoms with Gasteiger partial charge >= 0.3 is 0 Å². The highest BCUT2D eigenvalue weighted by Crippen LogP contribution is 2.13. The maximum atomic E-state index is 13.0. The fraction of sp³-hybridized carbons (Fsp3) is 0.350. The Morgan fingerprint density at radius 3 is 2.43 bits per heavy atom. The number of benzene rings is 1. The topological polar surface area (TPSA) is 65.5 Å². The summed E-state index contributed by atoms with van der Waals surface area (Å²) in [7, 11) is 0. The summed E-state index contributed by atoms with van der Waals surface area (Å²) in [6.45, 7) is 4.16. The molecule has 2 heterocycles. The van der Waals surface area contributed by atoms with Crippen molar-refractivity contribution in [1.29, 1.82) is 0 Å². The predicted octanol–water partition coefficient (Wildman–Crippen LogP) is 2.59. The molecule has 1 N–H and O–H groups in total. The number of hydrogen-bond acceptors (Lipinski definition) is 4. The van der Waals surface area contributed by atoms with Gasteiger partial charge in [0.2, 0.25) is 11.8 Å². The second-order valence-electron chi connectivity index (χ2n) is 6.75. The first-order valence-corrected chi connectivity index (χ1v) is 9.49. The molecule has 0 aliphatic carbocycles. The lowest BCUT2D eigenvalue weighted by Crippen LogP contribution is -2.54. The molecule has 3 rings (SSSR count). The van der Waals surface area contributed by atoms with Crippen molar-refractivity contribution in [2.75, 3.05) is 31.5 Å². The lowest BCUT2D eigenvalue weighted by atomic mass is 10.1. The van der Waals surface area contributed by atoms with E-state index < -0.39 is 0 Å². The number of anilines is 1. The van der Waals surface area contributed by atoms with Gasteiger partial charge in [0.25, 0.3) is 0 Å². The van der Waals surface area contributed by atoms with Crippen LogP contribution in [0.25, 0.3) is 0 Å². The summed E-state index contributed by atoms with van der Waals surface area (Å²) in [6.07, 6.45) is 1.73. The summed E-state index contributed by atoms with van der Waals surface area (Å²) in [5, 5.41) is 3.28. The van der Waals surface area contributed by atoms with Crippen molar-refractivity contribution < 1.29 is 14.0 Å². The third-order valence-electron chi connectivity index (χ3n) is 4.84. The molecule has 0 saturated carbocycles. The van der Waals surface area contributed by atoms with E-state index in [0.29, 0.717) is 37.0 Å². The van der Waals surface area contributed by atoms with Crippen LogP contribution in [0.4, 0.5) is 10.2 Å². The minimum absolute atomic E-state index is 0.00808. The minimum atomic E-state index is -0.341. The molecule has 0 bridgehead atoms. The SMILES string of the molecule is CC(C(=O)Nc1ccc(Cl)cn1)N1CCN(C(=O)Cc2ccc(F)cc2)CC1. The van der Waals surface area contributed by atoms with Gasteiger partial charge in [0.1, 0.15) is 11.6 Å². The first-order valence-electron chi connectivity index (χ1n) is 9.11. The molecule has 1 atom stereocenters. The van der Waals surface area contributed by atoms with Crippen LogP contribution in [0.1, 0.15) is 12.5 Å². The van der Waals surface area contributed by atoms with Crippen molar-refractivity contribution >= 4 is 29.2 Å². The van der Waals surface area contributed by atoms with Crippen LogP contribution in [0.3, 0.4) is 0 Å². The summed E-state index contributed by atoms with van der Waals surface area (Å²) < 4.78 is 13.0. The Balaban J connectivity index is 1.48. The first kappa shape index (κ1) is 20.2. The summed E-state index contributed by atoms with van der Waals surface area (Å²) >= 11 is 5.80. The number of aromatic nitrogens is 1. The van der Waals surface area contributed by atoms with Crippen molar-refractivity contribution in [3.8, 4) is 0 Å². The number of halogens is 2. The average Bonchev–Trinajstić information content (AvgIpc) is 2.71. The number of nitrogens with one attached hydrogen (secondary N) is 1. The van der Waals surface area contributed by atoms with Crippen LogP contribution in [0.2, 0.25) is 5.02 Å². The van der Waals surface area contributed by atoms with Crippen molar-refractivity contribution in [3.05, 3.63) is 59.0 Å². The zero-order valence-electron chi connectivity index (χ0n) is 15.6. The normalized spacial score (nSPS) is 15.9. The maximum absolute atomic E-state index is 13.0. The van der Waals surface area contributed by atoms with Crippen molar-refractivity contribution in [1.82, 2.24) is 14.8 Å². The van der Waals surface area contributed by atoms with Crippen LogP contribution in [-0.2, 0) is 16.0 Å². The van der Waals surface area contributed by atoms with Gasteiger partial charge in [-0.3, -0.25) is 14.5 Å². The van der Waals surface area contributed by atoms with Crippen molar-refractivity contribution in [2.45, 2.75) is 19.4 Å². The molecule has 6 nitrogen and oxygen atoms in total. The first-order chi connectivity index (χ1) is 13.4. The van der Waals surface area contributed by atoms with E-state index in [1.54, 1.807) is 29.2 Å². The number of amides is 2. The Morgan fingerprint density at radius 1 is 1.14 bits per heavy atom. The summed E-state index contributed by atoms with van der Waals surface area (Å²) in [5.74, 6) is -0.00474. The molecule has 8 heteroatoms. The van der Waals surface area contributed by atoms with Crippen LogP contribution in [0.5, 0.6) is 0 Å². The van der Waals surface area contributed by atoms with E-state index in [1.807, 2.05) is 11.8 Å². The van der Waals surface area contributed by atoms with Gasteiger partial charge in [-0.25, -0.2) is 9.37 Å². The van der Waals surface area contributed by atoms with Gasteiger partial charge in [0.15, 0.2) is 0 Å². The number of pyridine rings is 1. The third-order valence-corrected chi connectivity index (χ3v) is 5.06. The monoisotopic (exact) mass is 404 g/mol. The van der Waals surface area contributed by atoms with Gasteiger partial charge in [0, 0.05) is 32.4 Å². The Kier molecular flexibility index (Phi) is 6.59. The van der Waals surface area contributed by atoms with Gasteiger partial charge in [-0.1, -0.05) is 23.7 Å². The van der Waals surface area contributed by atoms with Crippen LogP contribution >= 0.6 is 11.6 Å². The highest BCUT2D eigenvalue weighted by Gasteiger charge is 2.27. The fourth-order valence-corrected chi connectivity index (χ4v) is 3.21. The molecule has 1 unspecified atom stereocenters. The van der Waals surface area contributed by atoms with E-state index in [2.05, 4.69) is 10.3 Å². The number of carbonyl (C=O) groups is 2. The highest BCUT2D eigenvalue weighted by molar-refractivity contribution is 6.30. The van der Waals surface area contributed by atoms with Crippen LogP contribution in [0.15, 0.2) is 42.6 Å². The molecule has 1 saturated heterocycles. The van der Waals surface area contributed by atoms with Crippen molar-refractivity contribution in [2.24, 2.45) is 0 Å². The molecular formula is C20H22ClFN4O2.